The Hall–Kier alpha value is -1.95. The van der Waals surface area contributed by atoms with Crippen molar-refractivity contribution in [3.63, 3.8) is 0 Å². The normalized spacial score (nSPS) is 10.4. The fraction of sp³-hybridized carbons (Fsp3) is 0.182. The van der Waals surface area contributed by atoms with Crippen LogP contribution >= 0.6 is 11.3 Å². The summed E-state index contributed by atoms with van der Waals surface area (Å²) in [5, 5.41) is 8.50. The van der Waals surface area contributed by atoms with Gasteiger partial charge in [0, 0.05) is 19.0 Å². The highest BCUT2D eigenvalue weighted by molar-refractivity contribution is 7.21. The maximum absolute atomic E-state index is 12.1. The maximum atomic E-state index is 12.1. The summed E-state index contributed by atoms with van der Waals surface area (Å²) in [7, 11) is 1.71. The predicted molar refractivity (Wildman–Crippen MR) is 69.0 cm³/mol. The molecule has 6 heteroatoms. The number of thiophene rings is 1. The number of nitrogens with two attached hydrogens (primary N) is 1. The number of rotatable bonds is 3. The molecule has 0 saturated carbocycles. The molecule has 88 valence electrons. The highest BCUT2D eigenvalue weighted by Gasteiger charge is 2.19. The van der Waals surface area contributed by atoms with Crippen molar-refractivity contribution in [2.45, 2.75) is 0 Å². The van der Waals surface area contributed by atoms with Gasteiger partial charge in [-0.2, -0.15) is 5.10 Å². The highest BCUT2D eigenvalue weighted by atomic mass is 32.1. The second kappa shape index (κ2) is 4.50. The van der Waals surface area contributed by atoms with Crippen LogP contribution in [-0.4, -0.2) is 34.6 Å². The molecule has 0 aromatic carbocycles. The molecule has 0 spiro atoms. The molecular weight excluding hydrogens is 236 g/mol. The molecule has 17 heavy (non-hydrogen) atoms. The average Bonchev–Trinajstić information content (AvgIpc) is 2.67. The summed E-state index contributed by atoms with van der Waals surface area (Å²) >= 11 is 1.26. The summed E-state index contributed by atoms with van der Waals surface area (Å²) in [5.41, 5.74) is 6.42. The number of amides is 1. The molecule has 5 nitrogen and oxygen atoms in total. The van der Waals surface area contributed by atoms with E-state index in [9.17, 15) is 4.79 Å². The van der Waals surface area contributed by atoms with Crippen LogP contribution in [0.15, 0.2) is 24.9 Å². The Balaban J connectivity index is 2.45. The van der Waals surface area contributed by atoms with Gasteiger partial charge in [-0.25, -0.2) is 0 Å². The van der Waals surface area contributed by atoms with E-state index in [-0.39, 0.29) is 5.91 Å². The minimum atomic E-state index is -0.120. The van der Waals surface area contributed by atoms with Gasteiger partial charge in [-0.15, -0.1) is 23.0 Å². The van der Waals surface area contributed by atoms with Crippen molar-refractivity contribution < 1.29 is 4.79 Å². The molecule has 0 unspecified atom stereocenters. The number of anilines is 1. The Bertz CT molecular complexity index is 578. The number of nitrogens with zero attached hydrogens (tertiary/aromatic N) is 3. The van der Waals surface area contributed by atoms with Gasteiger partial charge in [0.2, 0.25) is 0 Å². The first-order valence-electron chi connectivity index (χ1n) is 5.01. The summed E-state index contributed by atoms with van der Waals surface area (Å²) in [6.45, 7) is 4.08. The number of hydrogen-bond acceptors (Lipinski definition) is 5. The quantitative estimate of drug-likeness (QED) is 0.836. The summed E-state index contributed by atoms with van der Waals surface area (Å²) in [4.78, 5) is 14.8. The summed E-state index contributed by atoms with van der Waals surface area (Å²) in [5.74, 6) is -0.120. The molecule has 2 aromatic rings. The van der Waals surface area contributed by atoms with E-state index in [2.05, 4.69) is 16.8 Å². The number of carbonyl (C=O) groups excluding carboxylic acids is 1. The molecule has 2 heterocycles. The summed E-state index contributed by atoms with van der Waals surface area (Å²) in [6.07, 6.45) is 3.23. The third kappa shape index (κ3) is 1.99. The molecule has 2 aromatic heterocycles. The number of likely N-dealkylation sites (N-methyl/N-ethyl adjacent to an activating group) is 1. The van der Waals surface area contributed by atoms with Crippen molar-refractivity contribution in [3.05, 3.63) is 29.8 Å². The minimum Gasteiger partial charge on any atom is -0.397 e. The number of carbonyl (C=O) groups is 1. The molecular formula is C11H12N4OS. The Morgan fingerprint density at radius 2 is 2.47 bits per heavy atom. The van der Waals surface area contributed by atoms with Crippen LogP contribution in [0.2, 0.25) is 0 Å². The van der Waals surface area contributed by atoms with Gasteiger partial charge in [-0.3, -0.25) is 4.79 Å². The lowest BCUT2D eigenvalue weighted by Crippen LogP contribution is -2.26. The second-order valence-corrected chi connectivity index (χ2v) is 4.57. The Kier molecular flexibility index (Phi) is 3.06. The summed E-state index contributed by atoms with van der Waals surface area (Å²) < 4.78 is 0. The van der Waals surface area contributed by atoms with Crippen molar-refractivity contribution in [2.75, 3.05) is 19.3 Å². The fourth-order valence-corrected chi connectivity index (χ4v) is 2.51. The zero-order valence-electron chi connectivity index (χ0n) is 9.38. The maximum Gasteiger partial charge on any atom is 0.266 e. The SMILES string of the molecule is C=CCN(C)C(=O)c1sc2nnccc2c1N. The van der Waals surface area contributed by atoms with Crippen molar-refractivity contribution in [2.24, 2.45) is 0 Å². The predicted octanol–water partition coefficient (Wildman–Crippen LogP) is 1.53. The molecule has 0 aliphatic carbocycles. The van der Waals surface area contributed by atoms with Gasteiger partial charge in [0.15, 0.2) is 0 Å². The van der Waals surface area contributed by atoms with Gasteiger partial charge in [0.05, 0.1) is 11.9 Å². The van der Waals surface area contributed by atoms with Crippen LogP contribution in [0.4, 0.5) is 5.69 Å². The van der Waals surface area contributed by atoms with E-state index in [0.29, 0.717) is 21.9 Å². The van der Waals surface area contributed by atoms with Crippen LogP contribution in [0, 0.1) is 0 Å². The zero-order valence-corrected chi connectivity index (χ0v) is 10.2. The molecule has 0 fully saturated rings. The fourth-order valence-electron chi connectivity index (χ4n) is 1.48. The van der Waals surface area contributed by atoms with E-state index >= 15 is 0 Å². The van der Waals surface area contributed by atoms with Crippen LogP contribution in [0.25, 0.3) is 10.2 Å². The van der Waals surface area contributed by atoms with Crippen LogP contribution < -0.4 is 5.73 Å². The van der Waals surface area contributed by atoms with Crippen LogP contribution in [0.5, 0.6) is 0 Å². The van der Waals surface area contributed by atoms with E-state index in [1.807, 2.05) is 0 Å². The van der Waals surface area contributed by atoms with Crippen molar-refractivity contribution >= 4 is 33.1 Å². The number of nitrogen functional groups attached to an aromatic ring is 1. The van der Waals surface area contributed by atoms with Gasteiger partial charge in [0.1, 0.15) is 9.71 Å². The van der Waals surface area contributed by atoms with Gasteiger partial charge in [-0.05, 0) is 6.07 Å². The molecule has 0 aliphatic rings. The number of fused-ring (bicyclic) bond motifs is 1. The molecule has 0 aliphatic heterocycles. The number of aromatic nitrogens is 2. The third-order valence-corrected chi connectivity index (χ3v) is 3.46. The molecule has 0 radical (unpaired) electrons. The molecule has 0 bridgehead atoms. The Morgan fingerprint density at radius 1 is 1.71 bits per heavy atom. The molecule has 2 N–H and O–H groups in total. The van der Waals surface area contributed by atoms with Crippen LogP contribution in [-0.2, 0) is 0 Å². The van der Waals surface area contributed by atoms with Gasteiger partial charge in [-0.1, -0.05) is 6.08 Å². The average molecular weight is 248 g/mol. The number of hydrogen-bond donors (Lipinski definition) is 1. The molecule has 1 amide bonds. The first kappa shape index (κ1) is 11.5. The summed E-state index contributed by atoms with van der Waals surface area (Å²) in [6, 6.07) is 1.76. The van der Waals surface area contributed by atoms with Gasteiger partial charge < -0.3 is 10.6 Å². The second-order valence-electron chi connectivity index (χ2n) is 3.57. The molecule has 0 atom stereocenters. The zero-order chi connectivity index (χ0) is 12.4. The highest BCUT2D eigenvalue weighted by Crippen LogP contribution is 2.32. The van der Waals surface area contributed by atoms with Gasteiger partial charge in [0.25, 0.3) is 5.91 Å². The topological polar surface area (TPSA) is 72.1 Å². The third-order valence-electron chi connectivity index (χ3n) is 2.36. The van der Waals surface area contributed by atoms with Crippen molar-refractivity contribution in [1.82, 2.24) is 15.1 Å². The van der Waals surface area contributed by atoms with Crippen molar-refractivity contribution in [1.29, 1.82) is 0 Å². The minimum absolute atomic E-state index is 0.120. The lowest BCUT2D eigenvalue weighted by Gasteiger charge is -2.13. The van der Waals surface area contributed by atoms with Crippen LogP contribution in [0.3, 0.4) is 0 Å². The smallest absolute Gasteiger partial charge is 0.266 e. The van der Waals surface area contributed by atoms with E-state index in [4.69, 9.17) is 5.73 Å². The Labute approximate surface area is 103 Å². The largest absolute Gasteiger partial charge is 0.397 e. The van der Waals surface area contributed by atoms with Crippen molar-refractivity contribution in [3.8, 4) is 0 Å². The van der Waals surface area contributed by atoms with E-state index in [1.165, 1.54) is 11.3 Å². The standard InChI is InChI=1S/C11H12N4OS/c1-3-6-15(2)11(16)9-8(12)7-4-5-13-14-10(7)17-9/h3-5H,1,6,12H2,2H3. The molecule has 2 rings (SSSR count). The van der Waals surface area contributed by atoms with E-state index < -0.39 is 0 Å². The lowest BCUT2D eigenvalue weighted by molar-refractivity contribution is 0.0816. The molecule has 0 saturated heterocycles. The first-order chi connectivity index (χ1) is 8.15. The first-order valence-corrected chi connectivity index (χ1v) is 5.82. The van der Waals surface area contributed by atoms with Crippen LogP contribution in [0.1, 0.15) is 9.67 Å². The van der Waals surface area contributed by atoms with E-state index in [0.717, 1.165) is 5.39 Å². The lowest BCUT2D eigenvalue weighted by atomic mass is 10.2. The van der Waals surface area contributed by atoms with E-state index in [1.54, 1.807) is 30.3 Å². The monoisotopic (exact) mass is 248 g/mol. The van der Waals surface area contributed by atoms with Gasteiger partial charge >= 0.3 is 0 Å². The Morgan fingerprint density at radius 3 is 3.12 bits per heavy atom.